The Morgan fingerprint density at radius 2 is 2.00 bits per heavy atom. The molecule has 8 rings (SSSR count). The first-order valence-corrected chi connectivity index (χ1v) is 15.7. The van der Waals surface area contributed by atoms with Crippen LogP contribution < -0.4 is 15.8 Å². The van der Waals surface area contributed by atoms with Crippen molar-refractivity contribution in [1.82, 2.24) is 34.1 Å². The molecule has 2 aliphatic heterocycles. The van der Waals surface area contributed by atoms with E-state index in [0.29, 0.717) is 23.0 Å². The van der Waals surface area contributed by atoms with E-state index in [1.807, 2.05) is 47.4 Å². The van der Waals surface area contributed by atoms with E-state index in [-0.39, 0.29) is 41.7 Å². The molecule has 4 atom stereocenters. The fourth-order valence-electron chi connectivity index (χ4n) is 7.29. The van der Waals surface area contributed by atoms with E-state index < -0.39 is 0 Å². The lowest BCUT2D eigenvalue weighted by atomic mass is 9.97. The number of hydrogen-bond acceptors (Lipinski definition) is 8. The number of carbonyl (C=O) groups is 2. The molecule has 1 aliphatic carbocycles. The molecule has 12 heteroatoms. The van der Waals surface area contributed by atoms with Gasteiger partial charge < -0.3 is 29.7 Å². The molecule has 12 nitrogen and oxygen atoms in total. The van der Waals surface area contributed by atoms with Crippen LogP contribution in [0.15, 0.2) is 47.4 Å². The molecule has 3 N–H and O–H groups in total. The van der Waals surface area contributed by atoms with Crippen LogP contribution in [-0.4, -0.2) is 65.9 Å². The summed E-state index contributed by atoms with van der Waals surface area (Å²) >= 11 is 0. The number of fused-ring (bicyclic) bond motifs is 4. The lowest BCUT2D eigenvalue weighted by molar-refractivity contribution is 0.0725. The Hall–Kier alpha value is -4.71. The Kier molecular flexibility index (Phi) is 6.45. The molecule has 0 unspecified atom stereocenters. The smallest absolute Gasteiger partial charge is 0.273 e. The molecule has 7 heterocycles. The van der Waals surface area contributed by atoms with Gasteiger partial charge in [0.25, 0.3) is 11.8 Å². The molecular weight excluding hydrogens is 572 g/mol. The third-order valence-electron chi connectivity index (χ3n) is 9.80. The van der Waals surface area contributed by atoms with E-state index in [4.69, 9.17) is 24.9 Å². The number of nitrogens with two attached hydrogens (primary N) is 1. The van der Waals surface area contributed by atoms with Crippen molar-refractivity contribution in [2.75, 3.05) is 7.11 Å². The number of nitrogens with zero attached hydrogens (tertiary/aromatic N) is 6. The highest BCUT2D eigenvalue weighted by Gasteiger charge is 2.47. The van der Waals surface area contributed by atoms with Gasteiger partial charge >= 0.3 is 0 Å². The summed E-state index contributed by atoms with van der Waals surface area (Å²) in [4.78, 5) is 42.5. The molecule has 0 spiro atoms. The molecule has 45 heavy (non-hydrogen) atoms. The van der Waals surface area contributed by atoms with Gasteiger partial charge in [0.15, 0.2) is 18.0 Å². The molecule has 5 aromatic rings. The first-order chi connectivity index (χ1) is 21.8. The van der Waals surface area contributed by atoms with Crippen molar-refractivity contribution < 1.29 is 18.7 Å². The normalized spacial score (nSPS) is 21.6. The van der Waals surface area contributed by atoms with Crippen molar-refractivity contribution in [1.29, 1.82) is 0 Å². The number of carbonyl (C=O) groups excluding carboxylic acids is 2. The minimum Gasteiger partial charge on any atom is -0.482 e. The fraction of sp³-hybridized carbons (Fsp3) is 0.424. The summed E-state index contributed by atoms with van der Waals surface area (Å²) in [7, 11) is 1.62. The summed E-state index contributed by atoms with van der Waals surface area (Å²) in [5.41, 5.74) is 12.1. The lowest BCUT2D eigenvalue weighted by Crippen LogP contribution is -2.40. The second-order valence-electron chi connectivity index (χ2n) is 12.7. The van der Waals surface area contributed by atoms with Crippen LogP contribution in [0.25, 0.3) is 28.1 Å². The second-order valence-corrected chi connectivity index (χ2v) is 12.7. The lowest BCUT2D eigenvalue weighted by Gasteiger charge is -2.23. The highest BCUT2D eigenvalue weighted by Crippen LogP contribution is 2.40. The van der Waals surface area contributed by atoms with Crippen LogP contribution in [0.4, 0.5) is 0 Å². The number of amides is 2. The number of imidazole rings is 1. The van der Waals surface area contributed by atoms with Gasteiger partial charge in [0.2, 0.25) is 0 Å². The fourth-order valence-corrected chi connectivity index (χ4v) is 7.29. The predicted octanol–water partition coefficient (Wildman–Crippen LogP) is 4.26. The maximum atomic E-state index is 13.8. The van der Waals surface area contributed by atoms with Crippen LogP contribution in [0, 0.1) is 12.8 Å². The Bertz CT molecular complexity index is 1960. The van der Waals surface area contributed by atoms with E-state index in [1.165, 1.54) is 25.5 Å². The zero-order valence-electron chi connectivity index (χ0n) is 25.6. The molecule has 3 fully saturated rings. The number of aryl methyl sites for hydroxylation is 1. The summed E-state index contributed by atoms with van der Waals surface area (Å²) < 4.78 is 15.0. The molecule has 2 amide bonds. The molecule has 2 saturated heterocycles. The van der Waals surface area contributed by atoms with Crippen molar-refractivity contribution in [2.45, 2.75) is 76.7 Å². The quantitative estimate of drug-likeness (QED) is 0.266. The number of nitrogens with one attached hydrogen (secondary N) is 1. The molecular formula is C33H36N8O4. The highest BCUT2D eigenvalue weighted by atomic mass is 16.5. The minimum absolute atomic E-state index is 0.0113. The van der Waals surface area contributed by atoms with Crippen molar-refractivity contribution in [3.63, 3.8) is 0 Å². The minimum atomic E-state index is -0.344. The van der Waals surface area contributed by atoms with Gasteiger partial charge in [-0.2, -0.15) is 0 Å². The zero-order chi connectivity index (χ0) is 31.0. The maximum absolute atomic E-state index is 13.8. The van der Waals surface area contributed by atoms with Crippen LogP contribution in [0.2, 0.25) is 0 Å². The monoisotopic (exact) mass is 608 g/mol. The first kappa shape index (κ1) is 27.8. The van der Waals surface area contributed by atoms with Gasteiger partial charge in [0.1, 0.15) is 23.3 Å². The van der Waals surface area contributed by atoms with Crippen molar-refractivity contribution in [3.8, 4) is 17.3 Å². The van der Waals surface area contributed by atoms with E-state index in [9.17, 15) is 9.59 Å². The van der Waals surface area contributed by atoms with Crippen LogP contribution >= 0.6 is 0 Å². The predicted molar refractivity (Wildman–Crippen MR) is 166 cm³/mol. The maximum Gasteiger partial charge on any atom is 0.273 e. The number of rotatable bonds is 8. The topological polar surface area (TPSA) is 146 Å². The summed E-state index contributed by atoms with van der Waals surface area (Å²) in [5.74, 6) is 0.805. The molecule has 232 valence electrons. The van der Waals surface area contributed by atoms with Crippen LogP contribution in [-0.2, 0) is 6.54 Å². The summed E-state index contributed by atoms with van der Waals surface area (Å²) in [6, 6.07) is 9.79. The van der Waals surface area contributed by atoms with Gasteiger partial charge in [-0.05, 0) is 76.1 Å². The SMILES string of the molecule is COc1cc(C(=O)N2[C@H]3CC[C@@H]2[C@H](N)C3)cc2nc(-c3cc4ccc([C@@H](C)NC(=O)c5cocn5)nc4n3CC3CC3)c(C)n12. The third-order valence-corrected chi connectivity index (χ3v) is 9.80. The van der Waals surface area contributed by atoms with E-state index in [0.717, 1.165) is 59.6 Å². The highest BCUT2D eigenvalue weighted by molar-refractivity contribution is 5.97. The molecule has 5 aromatic heterocycles. The van der Waals surface area contributed by atoms with Crippen molar-refractivity contribution >= 4 is 28.5 Å². The summed E-state index contributed by atoms with van der Waals surface area (Å²) in [6.45, 7) is 4.75. The Morgan fingerprint density at radius 3 is 2.69 bits per heavy atom. The standard InChI is InChI=1S/C33H36N8O4/c1-17(36-32(42)25-15-45-16-35-25)24-8-6-20-10-27(39(31(20)37-24)14-19-4-5-19)30-18(2)40-28(38-30)11-21(12-29(40)44-3)33(43)41-22-7-9-26(41)23(34)13-22/h6,8,10-12,15-17,19,22-23,26H,4-5,7,9,13-14,34H2,1-3H3,(H,36,42)/t17-,22+,23-,26-/m1/s1. The van der Waals surface area contributed by atoms with Gasteiger partial charge in [0, 0.05) is 41.7 Å². The summed E-state index contributed by atoms with van der Waals surface area (Å²) in [6.07, 6.45) is 7.72. The van der Waals surface area contributed by atoms with E-state index in [1.54, 1.807) is 7.11 Å². The number of pyridine rings is 2. The largest absolute Gasteiger partial charge is 0.482 e. The van der Waals surface area contributed by atoms with Gasteiger partial charge in [-0.3, -0.25) is 14.0 Å². The number of hydrogen-bond donors (Lipinski definition) is 2. The number of oxazole rings is 1. The molecule has 1 saturated carbocycles. The van der Waals surface area contributed by atoms with Crippen LogP contribution in [0.5, 0.6) is 5.88 Å². The molecule has 0 aromatic carbocycles. The number of ether oxygens (including phenoxy) is 1. The van der Waals surface area contributed by atoms with Gasteiger partial charge in [-0.1, -0.05) is 0 Å². The van der Waals surface area contributed by atoms with Gasteiger partial charge in [-0.15, -0.1) is 0 Å². The average molecular weight is 609 g/mol. The van der Waals surface area contributed by atoms with Gasteiger partial charge in [0.05, 0.1) is 30.2 Å². The molecule has 2 bridgehead atoms. The summed E-state index contributed by atoms with van der Waals surface area (Å²) in [5, 5.41) is 3.95. The number of methoxy groups -OCH3 is 1. The Balaban J connectivity index is 1.19. The Morgan fingerprint density at radius 1 is 1.16 bits per heavy atom. The molecule has 0 radical (unpaired) electrons. The van der Waals surface area contributed by atoms with Crippen LogP contribution in [0.1, 0.15) is 77.3 Å². The van der Waals surface area contributed by atoms with Gasteiger partial charge in [-0.25, -0.2) is 15.0 Å². The van der Waals surface area contributed by atoms with E-state index in [2.05, 4.69) is 20.9 Å². The first-order valence-electron chi connectivity index (χ1n) is 15.7. The molecule has 3 aliphatic rings. The van der Waals surface area contributed by atoms with E-state index >= 15 is 0 Å². The third kappa shape index (κ3) is 4.57. The number of aromatic nitrogens is 5. The van der Waals surface area contributed by atoms with Crippen LogP contribution in [0.3, 0.4) is 0 Å². The Labute approximate surface area is 259 Å². The second kappa shape index (κ2) is 10.4. The zero-order valence-corrected chi connectivity index (χ0v) is 25.6. The van der Waals surface area contributed by atoms with Crippen molar-refractivity contribution in [3.05, 3.63) is 65.6 Å². The van der Waals surface area contributed by atoms with Crippen molar-refractivity contribution in [2.24, 2.45) is 11.7 Å². The average Bonchev–Trinajstić information content (AvgIpc) is 3.46.